The first-order valence-electron chi connectivity index (χ1n) is 9.47. The zero-order chi connectivity index (χ0) is 17.9. The minimum Gasteiger partial charge on any atom is -0.373 e. The zero-order valence-electron chi connectivity index (χ0n) is 15.5. The van der Waals surface area contributed by atoms with Crippen LogP contribution >= 0.6 is 0 Å². The Morgan fingerprint density at radius 2 is 1.72 bits per heavy atom. The van der Waals surface area contributed by atoms with E-state index in [2.05, 4.69) is 48.3 Å². The number of rotatable bonds is 5. The molecule has 25 heavy (non-hydrogen) atoms. The van der Waals surface area contributed by atoms with Crippen LogP contribution in [0.1, 0.15) is 50.7 Å². The summed E-state index contributed by atoms with van der Waals surface area (Å²) in [6.07, 6.45) is 4.28. The van der Waals surface area contributed by atoms with Crippen LogP contribution in [-0.4, -0.2) is 41.6 Å². The molecule has 3 rings (SSSR count). The van der Waals surface area contributed by atoms with Gasteiger partial charge in [-0.3, -0.25) is 9.69 Å². The van der Waals surface area contributed by atoms with Crippen LogP contribution < -0.4 is 11.1 Å². The van der Waals surface area contributed by atoms with E-state index in [4.69, 9.17) is 10.5 Å². The molecule has 138 valence electrons. The van der Waals surface area contributed by atoms with E-state index in [-0.39, 0.29) is 18.1 Å². The van der Waals surface area contributed by atoms with Crippen molar-refractivity contribution in [2.24, 2.45) is 5.73 Å². The van der Waals surface area contributed by atoms with Gasteiger partial charge in [0.25, 0.3) is 0 Å². The standard InChI is InChI=1S/C20H31N3O2/c1-15-12-23(13-16(2)25-15)14-18-7-5-17(6-8-18)11-22-19(24)20(21)9-3-4-10-20/h5-8,15-16H,3-4,9-14,21H2,1-2H3,(H,22,24). The molecule has 0 radical (unpaired) electrons. The Bertz CT molecular complexity index is 571. The summed E-state index contributed by atoms with van der Waals surface area (Å²) in [5, 5.41) is 3.00. The summed E-state index contributed by atoms with van der Waals surface area (Å²) in [6, 6.07) is 8.50. The van der Waals surface area contributed by atoms with E-state index in [9.17, 15) is 4.79 Å². The third-order valence-corrected chi connectivity index (χ3v) is 5.33. The van der Waals surface area contributed by atoms with Crippen LogP contribution in [0.5, 0.6) is 0 Å². The first kappa shape index (κ1) is 18.4. The Morgan fingerprint density at radius 1 is 1.16 bits per heavy atom. The van der Waals surface area contributed by atoms with Crippen LogP contribution in [-0.2, 0) is 22.6 Å². The molecule has 2 unspecified atom stereocenters. The van der Waals surface area contributed by atoms with Crippen LogP contribution in [0.2, 0.25) is 0 Å². The summed E-state index contributed by atoms with van der Waals surface area (Å²) < 4.78 is 5.79. The van der Waals surface area contributed by atoms with E-state index < -0.39 is 5.54 Å². The van der Waals surface area contributed by atoms with Crippen LogP contribution in [0.4, 0.5) is 0 Å². The van der Waals surface area contributed by atoms with E-state index in [1.54, 1.807) is 0 Å². The lowest BCUT2D eigenvalue weighted by Crippen LogP contribution is -2.51. The Morgan fingerprint density at radius 3 is 2.32 bits per heavy atom. The summed E-state index contributed by atoms with van der Waals surface area (Å²) in [5.74, 6) is -0.00892. The fraction of sp³-hybridized carbons (Fsp3) is 0.650. The molecule has 0 spiro atoms. The number of morpholine rings is 1. The van der Waals surface area contributed by atoms with Crippen LogP contribution in [0.3, 0.4) is 0 Å². The highest BCUT2D eigenvalue weighted by Gasteiger charge is 2.36. The lowest BCUT2D eigenvalue weighted by atomic mass is 9.98. The molecule has 1 heterocycles. The van der Waals surface area contributed by atoms with Crippen molar-refractivity contribution in [3.63, 3.8) is 0 Å². The molecule has 1 aliphatic carbocycles. The largest absolute Gasteiger partial charge is 0.373 e. The molecule has 1 amide bonds. The number of amides is 1. The minimum absolute atomic E-state index is 0.00892. The van der Waals surface area contributed by atoms with Crippen molar-refractivity contribution >= 4 is 5.91 Å². The molecule has 0 aromatic heterocycles. The summed E-state index contributed by atoms with van der Waals surface area (Å²) in [6.45, 7) is 7.69. The van der Waals surface area contributed by atoms with Gasteiger partial charge in [-0.05, 0) is 37.8 Å². The smallest absolute Gasteiger partial charge is 0.240 e. The maximum Gasteiger partial charge on any atom is 0.240 e. The third kappa shape index (κ3) is 4.81. The molecule has 0 bridgehead atoms. The summed E-state index contributed by atoms with van der Waals surface area (Å²) in [5.41, 5.74) is 7.95. The SMILES string of the molecule is CC1CN(Cc2ccc(CNC(=O)C3(N)CCCC3)cc2)CC(C)O1. The van der Waals surface area contributed by atoms with Gasteiger partial charge in [-0.1, -0.05) is 37.1 Å². The predicted octanol–water partition coefficient (Wildman–Crippen LogP) is 2.18. The third-order valence-electron chi connectivity index (χ3n) is 5.33. The number of nitrogens with two attached hydrogens (primary N) is 1. The second-order valence-electron chi connectivity index (χ2n) is 7.81. The fourth-order valence-corrected chi connectivity index (χ4v) is 4.03. The molecule has 5 heteroatoms. The van der Waals surface area contributed by atoms with Crippen LogP contribution in [0, 0.1) is 0 Å². The van der Waals surface area contributed by atoms with Gasteiger partial charge in [0.2, 0.25) is 5.91 Å². The molecular weight excluding hydrogens is 314 g/mol. The normalized spacial score (nSPS) is 26.5. The lowest BCUT2D eigenvalue weighted by molar-refractivity contribution is -0.126. The van der Waals surface area contributed by atoms with E-state index in [1.807, 2.05) is 0 Å². The Labute approximate surface area is 150 Å². The molecule has 2 aliphatic rings. The molecule has 1 saturated heterocycles. The fourth-order valence-electron chi connectivity index (χ4n) is 4.03. The first-order chi connectivity index (χ1) is 11.9. The van der Waals surface area contributed by atoms with E-state index >= 15 is 0 Å². The molecule has 3 N–H and O–H groups in total. The highest BCUT2D eigenvalue weighted by molar-refractivity contribution is 5.86. The van der Waals surface area contributed by atoms with E-state index in [0.29, 0.717) is 6.54 Å². The molecule has 5 nitrogen and oxygen atoms in total. The Balaban J connectivity index is 1.49. The van der Waals surface area contributed by atoms with E-state index in [0.717, 1.165) is 50.9 Å². The quantitative estimate of drug-likeness (QED) is 0.858. The maximum absolute atomic E-state index is 12.3. The van der Waals surface area contributed by atoms with Gasteiger partial charge in [0.05, 0.1) is 17.7 Å². The van der Waals surface area contributed by atoms with Gasteiger partial charge in [-0.2, -0.15) is 0 Å². The molecular formula is C20H31N3O2. The lowest BCUT2D eigenvalue weighted by Gasteiger charge is -2.35. The molecule has 1 aliphatic heterocycles. The monoisotopic (exact) mass is 345 g/mol. The van der Waals surface area contributed by atoms with Gasteiger partial charge in [0, 0.05) is 26.2 Å². The van der Waals surface area contributed by atoms with Gasteiger partial charge in [-0.15, -0.1) is 0 Å². The van der Waals surface area contributed by atoms with Gasteiger partial charge in [0.1, 0.15) is 0 Å². The number of carbonyl (C=O) groups excluding carboxylic acids is 1. The van der Waals surface area contributed by atoms with Crippen molar-refractivity contribution in [2.75, 3.05) is 13.1 Å². The molecule has 1 saturated carbocycles. The summed E-state index contributed by atoms with van der Waals surface area (Å²) in [4.78, 5) is 14.7. The number of nitrogens with one attached hydrogen (secondary N) is 1. The van der Waals surface area contributed by atoms with Crippen molar-refractivity contribution in [3.05, 3.63) is 35.4 Å². The zero-order valence-corrected chi connectivity index (χ0v) is 15.5. The van der Waals surface area contributed by atoms with Crippen LogP contribution in [0.25, 0.3) is 0 Å². The number of hydrogen-bond acceptors (Lipinski definition) is 4. The molecule has 2 fully saturated rings. The molecule has 1 aromatic carbocycles. The number of ether oxygens (including phenoxy) is 1. The van der Waals surface area contributed by atoms with Crippen molar-refractivity contribution in [2.45, 2.75) is 70.4 Å². The van der Waals surface area contributed by atoms with Gasteiger partial charge < -0.3 is 15.8 Å². The van der Waals surface area contributed by atoms with Gasteiger partial charge in [-0.25, -0.2) is 0 Å². The van der Waals surface area contributed by atoms with Crippen molar-refractivity contribution < 1.29 is 9.53 Å². The van der Waals surface area contributed by atoms with Gasteiger partial charge in [0.15, 0.2) is 0 Å². The number of nitrogens with zero attached hydrogens (tertiary/aromatic N) is 1. The van der Waals surface area contributed by atoms with Crippen molar-refractivity contribution in [3.8, 4) is 0 Å². The average Bonchev–Trinajstić information content (AvgIpc) is 3.01. The van der Waals surface area contributed by atoms with E-state index in [1.165, 1.54) is 5.56 Å². The summed E-state index contributed by atoms with van der Waals surface area (Å²) in [7, 11) is 0. The highest BCUT2D eigenvalue weighted by atomic mass is 16.5. The first-order valence-corrected chi connectivity index (χ1v) is 9.47. The van der Waals surface area contributed by atoms with Crippen molar-refractivity contribution in [1.29, 1.82) is 0 Å². The molecule has 1 aromatic rings. The minimum atomic E-state index is -0.649. The molecule has 2 atom stereocenters. The van der Waals surface area contributed by atoms with Crippen molar-refractivity contribution in [1.82, 2.24) is 10.2 Å². The van der Waals surface area contributed by atoms with Crippen LogP contribution in [0.15, 0.2) is 24.3 Å². The maximum atomic E-state index is 12.3. The number of hydrogen-bond donors (Lipinski definition) is 2. The average molecular weight is 345 g/mol. The Kier molecular flexibility index (Phi) is 5.77. The summed E-state index contributed by atoms with van der Waals surface area (Å²) >= 11 is 0. The second kappa shape index (κ2) is 7.85. The second-order valence-corrected chi connectivity index (χ2v) is 7.81. The topological polar surface area (TPSA) is 67.6 Å². The highest BCUT2D eigenvalue weighted by Crippen LogP contribution is 2.27. The predicted molar refractivity (Wildman–Crippen MR) is 99.0 cm³/mol. The number of benzene rings is 1. The Hall–Kier alpha value is -1.43. The number of carbonyl (C=O) groups is 1. The van der Waals surface area contributed by atoms with Gasteiger partial charge >= 0.3 is 0 Å².